The fraction of sp³-hybridized carbons (Fsp3) is 0.0625. The van der Waals surface area contributed by atoms with E-state index in [1.807, 2.05) is 12.1 Å². The van der Waals surface area contributed by atoms with Crippen LogP contribution in [-0.2, 0) is 0 Å². The van der Waals surface area contributed by atoms with Gasteiger partial charge in [-0.05, 0) is 86.6 Å². The molecule has 0 N–H and O–H groups in total. The van der Waals surface area contributed by atoms with Crippen LogP contribution in [0.5, 0.6) is 0 Å². The maximum Gasteiger partial charge on any atom is 0.136 e. The number of benzene rings is 6. The third-order valence-electron chi connectivity index (χ3n) is 7.09. The van der Waals surface area contributed by atoms with Crippen LogP contribution in [0.1, 0.15) is 11.1 Å². The lowest BCUT2D eigenvalue weighted by Gasteiger charge is -2.19. The maximum atomic E-state index is 6.32. The second-order valence-electron chi connectivity index (χ2n) is 9.07. The van der Waals surface area contributed by atoms with E-state index in [0.717, 1.165) is 22.3 Å². The molecule has 33 heavy (non-hydrogen) atoms. The standard InChI is InChI=1S/C32H22O/c1-19-16-27(21-8-4-3-5-9-21)25-14-12-24-20(2)17-28(26-15-13-23(19)31(25)32(24)26)30-18-22-10-6-7-11-29(22)33-30/h3-18H,1-2H3. The molecule has 0 saturated carbocycles. The molecule has 0 bridgehead atoms. The fourth-order valence-electron chi connectivity index (χ4n) is 5.52. The quantitative estimate of drug-likeness (QED) is 0.253. The Kier molecular flexibility index (Phi) is 3.75. The smallest absolute Gasteiger partial charge is 0.136 e. The van der Waals surface area contributed by atoms with Crippen molar-refractivity contribution in [1.29, 1.82) is 0 Å². The lowest BCUT2D eigenvalue weighted by Crippen LogP contribution is -1.93. The first-order chi connectivity index (χ1) is 16.2. The highest BCUT2D eigenvalue weighted by Crippen LogP contribution is 2.45. The number of furan rings is 1. The van der Waals surface area contributed by atoms with E-state index in [2.05, 4.69) is 98.8 Å². The van der Waals surface area contributed by atoms with Crippen molar-refractivity contribution in [2.24, 2.45) is 0 Å². The van der Waals surface area contributed by atoms with Gasteiger partial charge in [0.1, 0.15) is 11.3 Å². The summed E-state index contributed by atoms with van der Waals surface area (Å²) in [5, 5.41) is 9.01. The van der Waals surface area contributed by atoms with E-state index in [-0.39, 0.29) is 0 Å². The van der Waals surface area contributed by atoms with E-state index >= 15 is 0 Å². The molecule has 0 atom stereocenters. The second kappa shape index (κ2) is 6.70. The Bertz CT molecular complexity index is 1790. The molecule has 0 spiro atoms. The fourth-order valence-corrected chi connectivity index (χ4v) is 5.52. The van der Waals surface area contributed by atoms with Gasteiger partial charge in [0.25, 0.3) is 0 Å². The first kappa shape index (κ1) is 18.5. The van der Waals surface area contributed by atoms with Crippen molar-refractivity contribution >= 4 is 43.3 Å². The number of hydrogen-bond acceptors (Lipinski definition) is 1. The molecule has 0 amide bonds. The van der Waals surface area contributed by atoms with Gasteiger partial charge in [-0.1, -0.05) is 78.9 Å². The molecule has 7 aromatic rings. The van der Waals surface area contributed by atoms with E-state index in [1.54, 1.807) is 0 Å². The summed E-state index contributed by atoms with van der Waals surface area (Å²) >= 11 is 0. The Hall–Kier alpha value is -4.10. The largest absolute Gasteiger partial charge is 0.456 e. The number of para-hydroxylation sites is 1. The van der Waals surface area contributed by atoms with E-state index < -0.39 is 0 Å². The van der Waals surface area contributed by atoms with Gasteiger partial charge in [0.2, 0.25) is 0 Å². The van der Waals surface area contributed by atoms with E-state index in [9.17, 15) is 0 Å². The normalized spacial score (nSPS) is 11.9. The predicted molar refractivity (Wildman–Crippen MR) is 140 cm³/mol. The molecule has 0 fully saturated rings. The molecular weight excluding hydrogens is 400 g/mol. The highest BCUT2D eigenvalue weighted by Gasteiger charge is 2.19. The van der Waals surface area contributed by atoms with Crippen LogP contribution in [0, 0.1) is 13.8 Å². The summed E-state index contributed by atoms with van der Waals surface area (Å²) in [5.74, 6) is 0.928. The van der Waals surface area contributed by atoms with Crippen LogP contribution in [0.3, 0.4) is 0 Å². The van der Waals surface area contributed by atoms with Gasteiger partial charge in [-0.25, -0.2) is 0 Å². The minimum absolute atomic E-state index is 0.928. The van der Waals surface area contributed by atoms with Gasteiger partial charge in [0.05, 0.1) is 0 Å². The summed E-state index contributed by atoms with van der Waals surface area (Å²) in [6, 6.07) is 34.9. The highest BCUT2D eigenvalue weighted by molar-refractivity contribution is 6.28. The SMILES string of the molecule is Cc1cc(-c2ccccc2)c2ccc3c(C)cc(-c4cc5ccccc5o4)c4ccc1c2c34. The minimum atomic E-state index is 0.928. The van der Waals surface area contributed by atoms with Crippen LogP contribution in [0.15, 0.2) is 101 Å². The van der Waals surface area contributed by atoms with Gasteiger partial charge in [-0.2, -0.15) is 0 Å². The molecule has 0 aliphatic heterocycles. The molecule has 1 aromatic heterocycles. The maximum absolute atomic E-state index is 6.32. The summed E-state index contributed by atoms with van der Waals surface area (Å²) in [4.78, 5) is 0. The zero-order valence-corrected chi connectivity index (χ0v) is 18.6. The Balaban J connectivity index is 1.64. The molecule has 156 valence electrons. The summed E-state index contributed by atoms with van der Waals surface area (Å²) in [7, 11) is 0. The highest BCUT2D eigenvalue weighted by atomic mass is 16.3. The summed E-state index contributed by atoms with van der Waals surface area (Å²) in [6.45, 7) is 4.44. The number of hydrogen-bond donors (Lipinski definition) is 0. The van der Waals surface area contributed by atoms with Crippen LogP contribution in [0.2, 0.25) is 0 Å². The van der Waals surface area contributed by atoms with Gasteiger partial charge in [0.15, 0.2) is 0 Å². The molecule has 0 saturated heterocycles. The van der Waals surface area contributed by atoms with Crippen LogP contribution in [0.25, 0.3) is 65.7 Å². The predicted octanol–water partition coefficient (Wildman–Crippen LogP) is 9.28. The zero-order chi connectivity index (χ0) is 22.1. The Morgan fingerprint density at radius 1 is 0.515 bits per heavy atom. The Labute approximate surface area is 192 Å². The van der Waals surface area contributed by atoms with Crippen LogP contribution in [-0.4, -0.2) is 0 Å². The molecule has 0 aliphatic carbocycles. The number of aryl methyl sites for hydroxylation is 2. The molecular formula is C32H22O. The van der Waals surface area contributed by atoms with Crippen molar-refractivity contribution in [2.75, 3.05) is 0 Å². The van der Waals surface area contributed by atoms with Crippen molar-refractivity contribution in [3.8, 4) is 22.5 Å². The van der Waals surface area contributed by atoms with E-state index in [4.69, 9.17) is 4.42 Å². The van der Waals surface area contributed by atoms with Crippen LogP contribution >= 0.6 is 0 Å². The van der Waals surface area contributed by atoms with Gasteiger partial charge < -0.3 is 4.42 Å². The zero-order valence-electron chi connectivity index (χ0n) is 18.6. The summed E-state index contributed by atoms with van der Waals surface area (Å²) in [5.41, 5.74) is 7.22. The topological polar surface area (TPSA) is 13.1 Å². The Morgan fingerprint density at radius 3 is 1.79 bits per heavy atom. The lowest BCUT2D eigenvalue weighted by molar-refractivity contribution is 0.632. The van der Waals surface area contributed by atoms with Crippen molar-refractivity contribution in [1.82, 2.24) is 0 Å². The monoisotopic (exact) mass is 422 g/mol. The van der Waals surface area contributed by atoms with Crippen molar-refractivity contribution in [2.45, 2.75) is 13.8 Å². The molecule has 0 unspecified atom stereocenters. The molecule has 1 heteroatoms. The minimum Gasteiger partial charge on any atom is -0.456 e. The molecule has 7 rings (SSSR count). The van der Waals surface area contributed by atoms with E-state index in [1.165, 1.54) is 54.6 Å². The Morgan fingerprint density at radius 2 is 1.09 bits per heavy atom. The summed E-state index contributed by atoms with van der Waals surface area (Å²) in [6.07, 6.45) is 0. The van der Waals surface area contributed by atoms with Crippen molar-refractivity contribution in [3.05, 3.63) is 108 Å². The molecule has 0 aliphatic rings. The van der Waals surface area contributed by atoms with Crippen LogP contribution < -0.4 is 0 Å². The lowest BCUT2D eigenvalue weighted by atomic mass is 9.85. The third kappa shape index (κ3) is 2.60. The molecule has 1 nitrogen and oxygen atoms in total. The number of rotatable bonds is 2. The van der Waals surface area contributed by atoms with E-state index in [0.29, 0.717) is 0 Å². The van der Waals surface area contributed by atoms with Gasteiger partial charge >= 0.3 is 0 Å². The molecule has 1 heterocycles. The average molecular weight is 423 g/mol. The van der Waals surface area contributed by atoms with Gasteiger partial charge in [-0.15, -0.1) is 0 Å². The van der Waals surface area contributed by atoms with Crippen LogP contribution in [0.4, 0.5) is 0 Å². The van der Waals surface area contributed by atoms with Crippen molar-refractivity contribution in [3.63, 3.8) is 0 Å². The average Bonchev–Trinajstić information content (AvgIpc) is 3.29. The van der Waals surface area contributed by atoms with Gasteiger partial charge in [0, 0.05) is 10.9 Å². The van der Waals surface area contributed by atoms with Gasteiger partial charge in [-0.3, -0.25) is 0 Å². The third-order valence-corrected chi connectivity index (χ3v) is 7.09. The number of fused-ring (bicyclic) bond motifs is 1. The van der Waals surface area contributed by atoms with Crippen molar-refractivity contribution < 1.29 is 4.42 Å². The molecule has 6 aromatic carbocycles. The second-order valence-corrected chi connectivity index (χ2v) is 9.07. The molecule has 0 radical (unpaired) electrons. The first-order valence-electron chi connectivity index (χ1n) is 11.4. The first-order valence-corrected chi connectivity index (χ1v) is 11.4. The summed E-state index contributed by atoms with van der Waals surface area (Å²) < 4.78 is 6.32.